The third-order valence-electron chi connectivity index (χ3n) is 2.18. The van der Waals surface area contributed by atoms with Gasteiger partial charge in [0.1, 0.15) is 6.10 Å². The van der Waals surface area contributed by atoms with Crippen LogP contribution in [0.2, 0.25) is 0 Å². The molecule has 1 aliphatic heterocycles. The minimum Gasteiger partial charge on any atom is -0.472 e. The summed E-state index contributed by atoms with van der Waals surface area (Å²) in [6.45, 7) is 4.89. The van der Waals surface area contributed by atoms with Crippen molar-refractivity contribution in [1.29, 1.82) is 0 Å². The molecule has 1 aliphatic rings. The van der Waals surface area contributed by atoms with E-state index in [1.165, 1.54) is 5.56 Å². The van der Waals surface area contributed by atoms with Gasteiger partial charge in [-0.3, -0.25) is 0 Å². The molecule has 1 atom stereocenters. The fourth-order valence-electron chi connectivity index (χ4n) is 1.44. The van der Waals surface area contributed by atoms with Crippen molar-refractivity contribution in [2.24, 2.45) is 4.99 Å². The lowest BCUT2D eigenvalue weighted by Gasteiger charge is -2.07. The van der Waals surface area contributed by atoms with Gasteiger partial charge >= 0.3 is 0 Å². The van der Waals surface area contributed by atoms with Crippen LogP contribution in [0.5, 0.6) is 0 Å². The Bertz CT molecular complexity index is 344. The maximum atomic E-state index is 5.58. The number of nitrogens with zero attached hydrogens (tertiary/aromatic N) is 1. The first-order valence-electron chi connectivity index (χ1n) is 4.54. The Kier molecular flexibility index (Phi) is 2.05. The van der Waals surface area contributed by atoms with Crippen molar-refractivity contribution in [2.45, 2.75) is 20.0 Å². The van der Waals surface area contributed by atoms with E-state index in [2.05, 4.69) is 18.0 Å². The lowest BCUT2D eigenvalue weighted by molar-refractivity contribution is 0.246. The molecular formula is C11H13NO. The zero-order chi connectivity index (χ0) is 9.26. The largest absolute Gasteiger partial charge is 0.472 e. The van der Waals surface area contributed by atoms with Crippen LogP contribution >= 0.6 is 0 Å². The molecule has 1 heterocycles. The van der Waals surface area contributed by atoms with Gasteiger partial charge in [-0.1, -0.05) is 18.2 Å². The van der Waals surface area contributed by atoms with Crippen LogP contribution in [0.4, 0.5) is 0 Å². The van der Waals surface area contributed by atoms with Gasteiger partial charge < -0.3 is 4.74 Å². The maximum absolute atomic E-state index is 5.58. The Hall–Kier alpha value is -1.31. The maximum Gasteiger partial charge on any atom is 0.216 e. The van der Waals surface area contributed by atoms with Crippen LogP contribution in [0.25, 0.3) is 0 Å². The summed E-state index contributed by atoms with van der Waals surface area (Å²) in [6.07, 6.45) is 0.231. The Labute approximate surface area is 78.3 Å². The van der Waals surface area contributed by atoms with E-state index in [9.17, 15) is 0 Å². The van der Waals surface area contributed by atoms with Crippen LogP contribution < -0.4 is 0 Å². The van der Waals surface area contributed by atoms with Crippen LogP contribution in [0.3, 0.4) is 0 Å². The average molecular weight is 175 g/mol. The van der Waals surface area contributed by atoms with Crippen molar-refractivity contribution in [2.75, 3.05) is 6.54 Å². The summed E-state index contributed by atoms with van der Waals surface area (Å²) < 4.78 is 5.58. The number of hydrogen-bond acceptors (Lipinski definition) is 2. The molecule has 1 aromatic rings. The Balaban J connectivity index is 2.31. The summed E-state index contributed by atoms with van der Waals surface area (Å²) in [5, 5.41) is 0. The molecule has 0 bridgehead atoms. The van der Waals surface area contributed by atoms with Gasteiger partial charge in [0.15, 0.2) is 0 Å². The highest BCUT2D eigenvalue weighted by molar-refractivity contribution is 5.96. The third kappa shape index (κ3) is 1.57. The topological polar surface area (TPSA) is 21.6 Å². The van der Waals surface area contributed by atoms with Crippen molar-refractivity contribution in [1.82, 2.24) is 0 Å². The quantitative estimate of drug-likeness (QED) is 0.641. The van der Waals surface area contributed by atoms with Crippen LogP contribution in [0.15, 0.2) is 29.3 Å². The fourth-order valence-corrected chi connectivity index (χ4v) is 1.44. The second-order valence-electron chi connectivity index (χ2n) is 3.39. The number of ether oxygens (including phenoxy) is 1. The van der Waals surface area contributed by atoms with Gasteiger partial charge in [-0.05, 0) is 25.5 Å². The van der Waals surface area contributed by atoms with Gasteiger partial charge in [-0.25, -0.2) is 4.99 Å². The van der Waals surface area contributed by atoms with E-state index < -0.39 is 0 Å². The summed E-state index contributed by atoms with van der Waals surface area (Å²) in [7, 11) is 0. The van der Waals surface area contributed by atoms with Crippen LogP contribution in [0.1, 0.15) is 18.1 Å². The van der Waals surface area contributed by atoms with Gasteiger partial charge in [0, 0.05) is 5.56 Å². The molecule has 2 rings (SSSR count). The molecule has 2 nitrogen and oxygen atoms in total. The van der Waals surface area contributed by atoms with E-state index in [-0.39, 0.29) is 6.10 Å². The van der Waals surface area contributed by atoms with Crippen molar-refractivity contribution in [3.63, 3.8) is 0 Å². The van der Waals surface area contributed by atoms with Gasteiger partial charge in [0.2, 0.25) is 5.90 Å². The van der Waals surface area contributed by atoms with Crippen LogP contribution in [-0.2, 0) is 4.74 Å². The summed E-state index contributed by atoms with van der Waals surface area (Å²) in [5.41, 5.74) is 2.34. The number of aliphatic imine (C=N–C) groups is 1. The minimum absolute atomic E-state index is 0.231. The predicted molar refractivity (Wildman–Crippen MR) is 53.1 cm³/mol. The summed E-state index contributed by atoms with van der Waals surface area (Å²) in [5.74, 6) is 0.797. The highest BCUT2D eigenvalue weighted by Crippen LogP contribution is 2.14. The first kappa shape index (κ1) is 8.30. The highest BCUT2D eigenvalue weighted by atomic mass is 16.5. The molecule has 0 radical (unpaired) electrons. The second kappa shape index (κ2) is 3.21. The SMILES string of the molecule is Cc1ccccc1C1=NCC(C)O1. The van der Waals surface area contributed by atoms with E-state index in [1.54, 1.807) is 0 Å². The summed E-state index contributed by atoms with van der Waals surface area (Å²) in [6, 6.07) is 8.16. The molecule has 0 spiro atoms. The molecule has 2 heteroatoms. The zero-order valence-corrected chi connectivity index (χ0v) is 7.95. The van der Waals surface area contributed by atoms with Crippen molar-refractivity contribution >= 4 is 5.90 Å². The molecule has 1 aromatic carbocycles. The molecule has 68 valence electrons. The van der Waals surface area contributed by atoms with E-state index in [4.69, 9.17) is 4.74 Å². The smallest absolute Gasteiger partial charge is 0.216 e. The van der Waals surface area contributed by atoms with E-state index in [0.717, 1.165) is 18.0 Å². The molecule has 0 fully saturated rings. The second-order valence-corrected chi connectivity index (χ2v) is 3.39. The molecular weight excluding hydrogens is 162 g/mol. The summed E-state index contributed by atoms with van der Waals surface area (Å²) >= 11 is 0. The average Bonchev–Trinajstić information content (AvgIpc) is 2.53. The molecule has 13 heavy (non-hydrogen) atoms. The van der Waals surface area contributed by atoms with Crippen molar-refractivity contribution in [3.8, 4) is 0 Å². The van der Waals surface area contributed by atoms with Crippen LogP contribution in [0, 0.1) is 6.92 Å². The van der Waals surface area contributed by atoms with Gasteiger partial charge in [0.25, 0.3) is 0 Å². The zero-order valence-electron chi connectivity index (χ0n) is 7.95. The monoisotopic (exact) mass is 175 g/mol. The number of aryl methyl sites for hydroxylation is 1. The Morgan fingerprint density at radius 2 is 2.15 bits per heavy atom. The van der Waals surface area contributed by atoms with Gasteiger partial charge in [0.05, 0.1) is 6.54 Å². The standard InChI is InChI=1S/C11H13NO/c1-8-5-3-4-6-10(8)11-12-7-9(2)13-11/h3-6,9H,7H2,1-2H3. The summed E-state index contributed by atoms with van der Waals surface area (Å²) in [4.78, 5) is 4.34. The normalized spacial score (nSPS) is 21.1. The first-order chi connectivity index (χ1) is 6.27. The Morgan fingerprint density at radius 3 is 2.77 bits per heavy atom. The van der Waals surface area contributed by atoms with Crippen molar-refractivity contribution < 1.29 is 4.74 Å². The molecule has 0 aliphatic carbocycles. The number of rotatable bonds is 1. The van der Waals surface area contributed by atoms with Gasteiger partial charge in [-0.15, -0.1) is 0 Å². The Morgan fingerprint density at radius 1 is 1.38 bits per heavy atom. The minimum atomic E-state index is 0.231. The molecule has 0 saturated carbocycles. The lowest BCUT2D eigenvalue weighted by atomic mass is 10.1. The van der Waals surface area contributed by atoms with E-state index in [0.29, 0.717) is 0 Å². The molecule has 0 amide bonds. The number of benzene rings is 1. The van der Waals surface area contributed by atoms with Crippen molar-refractivity contribution in [3.05, 3.63) is 35.4 Å². The molecule has 0 N–H and O–H groups in total. The lowest BCUT2D eigenvalue weighted by Crippen LogP contribution is -2.09. The molecule has 1 unspecified atom stereocenters. The third-order valence-corrected chi connectivity index (χ3v) is 2.18. The van der Waals surface area contributed by atoms with E-state index in [1.807, 2.05) is 25.1 Å². The first-order valence-corrected chi connectivity index (χ1v) is 4.54. The molecule has 0 saturated heterocycles. The highest BCUT2D eigenvalue weighted by Gasteiger charge is 2.17. The van der Waals surface area contributed by atoms with E-state index >= 15 is 0 Å². The van der Waals surface area contributed by atoms with Gasteiger partial charge in [-0.2, -0.15) is 0 Å². The molecule has 0 aromatic heterocycles. The van der Waals surface area contributed by atoms with Crippen LogP contribution in [-0.4, -0.2) is 18.5 Å². The predicted octanol–water partition coefficient (Wildman–Crippen LogP) is 2.16. The fraction of sp³-hybridized carbons (Fsp3) is 0.364. The number of hydrogen-bond donors (Lipinski definition) is 0.